The van der Waals surface area contributed by atoms with Gasteiger partial charge in [-0.1, -0.05) is 48.0 Å². The fourth-order valence-corrected chi connectivity index (χ4v) is 3.47. The first-order valence-electron chi connectivity index (χ1n) is 7.73. The van der Waals surface area contributed by atoms with Gasteiger partial charge < -0.3 is 4.74 Å². The highest BCUT2D eigenvalue weighted by atomic mass is 35.5. The Morgan fingerprint density at radius 3 is 2.79 bits per heavy atom. The Balaban J connectivity index is 2.00. The Kier molecular flexibility index (Phi) is 3.62. The maximum atomic E-state index is 12.3. The molecule has 120 valence electrons. The van der Waals surface area contributed by atoms with Crippen molar-refractivity contribution in [2.45, 2.75) is 12.8 Å². The second-order valence-corrected chi connectivity index (χ2v) is 6.16. The lowest BCUT2D eigenvalue weighted by atomic mass is 9.88. The molecule has 1 aliphatic rings. The van der Waals surface area contributed by atoms with E-state index in [4.69, 9.17) is 16.3 Å². The first-order chi connectivity index (χ1) is 11.7. The summed E-state index contributed by atoms with van der Waals surface area (Å²) in [6, 6.07) is 15.6. The summed E-state index contributed by atoms with van der Waals surface area (Å²) in [5.74, 6) is 0. The van der Waals surface area contributed by atoms with Crippen LogP contribution >= 0.6 is 11.6 Å². The molecule has 3 aromatic rings. The van der Waals surface area contributed by atoms with Gasteiger partial charge >= 0.3 is 6.09 Å². The van der Waals surface area contributed by atoms with Crippen LogP contribution in [0.25, 0.3) is 22.5 Å². The molecule has 4 rings (SSSR count). The molecule has 0 aliphatic heterocycles. The predicted octanol–water partition coefficient (Wildman–Crippen LogP) is 4.58. The zero-order chi connectivity index (χ0) is 16.7. The van der Waals surface area contributed by atoms with E-state index < -0.39 is 6.09 Å². The number of rotatable bonds is 1. The minimum Gasteiger partial charge on any atom is -0.451 e. The van der Waals surface area contributed by atoms with Crippen LogP contribution in [0.4, 0.5) is 4.79 Å². The van der Waals surface area contributed by atoms with Gasteiger partial charge in [0, 0.05) is 21.7 Å². The van der Waals surface area contributed by atoms with Crippen LogP contribution in [0.2, 0.25) is 5.02 Å². The van der Waals surface area contributed by atoms with Crippen molar-refractivity contribution in [3.63, 3.8) is 0 Å². The van der Waals surface area contributed by atoms with Gasteiger partial charge in [0.25, 0.3) is 0 Å². The van der Waals surface area contributed by atoms with E-state index in [1.54, 1.807) is 0 Å². The van der Waals surface area contributed by atoms with Crippen molar-refractivity contribution in [3.05, 3.63) is 64.7 Å². The molecule has 0 fully saturated rings. The summed E-state index contributed by atoms with van der Waals surface area (Å²) in [6.45, 7) is 0. The van der Waals surface area contributed by atoms with Gasteiger partial charge in [-0.05, 0) is 30.5 Å². The van der Waals surface area contributed by atoms with E-state index >= 15 is 0 Å². The largest absolute Gasteiger partial charge is 0.451 e. The highest BCUT2D eigenvalue weighted by molar-refractivity contribution is 6.30. The number of carbonyl (C=O) groups excluding carboxylic acids is 1. The molecule has 1 aromatic heterocycles. The molecule has 0 unspecified atom stereocenters. The molecule has 1 heterocycles. The molecule has 0 bridgehead atoms. The highest BCUT2D eigenvalue weighted by Crippen LogP contribution is 2.39. The molecule has 0 amide bonds. The fraction of sp³-hybridized carbons (Fsp3) is 0.158. The Labute approximate surface area is 144 Å². The number of benzene rings is 2. The first-order valence-corrected chi connectivity index (χ1v) is 8.11. The molecule has 1 aliphatic carbocycles. The second-order valence-electron chi connectivity index (χ2n) is 5.73. The van der Waals surface area contributed by atoms with Crippen molar-refractivity contribution in [1.29, 1.82) is 0 Å². The summed E-state index contributed by atoms with van der Waals surface area (Å²) in [5.41, 5.74) is 5.84. The van der Waals surface area contributed by atoms with Gasteiger partial charge in [0.15, 0.2) is 0 Å². The van der Waals surface area contributed by atoms with Crippen LogP contribution in [0.1, 0.15) is 11.1 Å². The highest BCUT2D eigenvalue weighted by Gasteiger charge is 2.28. The number of halogens is 1. The summed E-state index contributed by atoms with van der Waals surface area (Å²) in [6.07, 6.45) is 1.24. The van der Waals surface area contributed by atoms with Gasteiger partial charge in [0.05, 0.1) is 18.5 Å². The zero-order valence-electron chi connectivity index (χ0n) is 13.1. The van der Waals surface area contributed by atoms with Crippen molar-refractivity contribution in [1.82, 2.24) is 9.78 Å². The van der Waals surface area contributed by atoms with Crippen LogP contribution in [0.15, 0.2) is 48.5 Å². The number of ether oxygens (including phenoxy) is 1. The van der Waals surface area contributed by atoms with Gasteiger partial charge in [0.1, 0.15) is 0 Å². The number of aryl methyl sites for hydroxylation is 1. The average Bonchev–Trinajstić information content (AvgIpc) is 3.01. The Morgan fingerprint density at radius 2 is 2.00 bits per heavy atom. The van der Waals surface area contributed by atoms with Crippen LogP contribution in [0.3, 0.4) is 0 Å². The molecular formula is C19H15ClN2O2. The van der Waals surface area contributed by atoms with Gasteiger partial charge in [-0.2, -0.15) is 9.78 Å². The fourth-order valence-electron chi connectivity index (χ4n) is 3.28. The monoisotopic (exact) mass is 338 g/mol. The number of fused-ring (bicyclic) bond motifs is 3. The molecule has 0 spiro atoms. The number of carbonyl (C=O) groups is 1. The van der Waals surface area contributed by atoms with Gasteiger partial charge in [-0.25, -0.2) is 4.79 Å². The lowest BCUT2D eigenvalue weighted by Crippen LogP contribution is -2.14. The lowest BCUT2D eigenvalue weighted by molar-refractivity contribution is 0.169. The summed E-state index contributed by atoms with van der Waals surface area (Å²) in [7, 11) is 1.36. The molecule has 2 aromatic carbocycles. The molecule has 0 radical (unpaired) electrons. The molecule has 0 saturated carbocycles. The third-order valence-electron chi connectivity index (χ3n) is 4.35. The van der Waals surface area contributed by atoms with Crippen molar-refractivity contribution in [2.24, 2.45) is 0 Å². The van der Waals surface area contributed by atoms with Gasteiger partial charge in [-0.3, -0.25) is 0 Å². The summed E-state index contributed by atoms with van der Waals surface area (Å²) < 4.78 is 6.27. The normalized spacial score (nSPS) is 12.4. The number of hydrogen-bond donors (Lipinski definition) is 0. The Bertz CT molecular complexity index is 946. The van der Waals surface area contributed by atoms with Crippen molar-refractivity contribution < 1.29 is 9.53 Å². The summed E-state index contributed by atoms with van der Waals surface area (Å²) in [5, 5.41) is 5.19. The first kappa shape index (κ1) is 15.0. The molecular weight excluding hydrogens is 324 g/mol. The molecule has 4 nitrogen and oxygen atoms in total. The van der Waals surface area contributed by atoms with E-state index in [-0.39, 0.29) is 0 Å². The van der Waals surface area contributed by atoms with Gasteiger partial charge in [0.2, 0.25) is 0 Å². The standard InChI is InChI=1S/C19H15ClN2O2/c1-24-19(23)22-18(13-6-4-7-14(20)11-13)16-10-9-12-5-2-3-8-15(12)17(16)21-22/h2-8,11H,9-10H2,1H3. The van der Waals surface area contributed by atoms with E-state index in [1.807, 2.05) is 42.5 Å². The lowest BCUT2D eigenvalue weighted by Gasteiger charge is -2.16. The topological polar surface area (TPSA) is 44.1 Å². The smallest absolute Gasteiger partial charge is 0.435 e. The van der Waals surface area contributed by atoms with Crippen molar-refractivity contribution >= 4 is 17.7 Å². The maximum Gasteiger partial charge on any atom is 0.435 e. The van der Waals surface area contributed by atoms with E-state index in [2.05, 4.69) is 11.2 Å². The van der Waals surface area contributed by atoms with E-state index in [0.717, 1.165) is 40.9 Å². The van der Waals surface area contributed by atoms with Crippen molar-refractivity contribution in [2.75, 3.05) is 7.11 Å². The van der Waals surface area contributed by atoms with Crippen LogP contribution in [0, 0.1) is 0 Å². The van der Waals surface area contributed by atoms with Crippen LogP contribution in [-0.4, -0.2) is 23.0 Å². The van der Waals surface area contributed by atoms with Crippen LogP contribution in [-0.2, 0) is 17.6 Å². The Morgan fingerprint density at radius 1 is 1.17 bits per heavy atom. The minimum atomic E-state index is -0.503. The molecule has 24 heavy (non-hydrogen) atoms. The molecule has 0 saturated heterocycles. The molecule has 0 N–H and O–H groups in total. The number of nitrogens with zero attached hydrogens (tertiary/aromatic N) is 2. The third-order valence-corrected chi connectivity index (χ3v) is 4.58. The maximum absolute atomic E-state index is 12.3. The molecule has 0 atom stereocenters. The van der Waals surface area contributed by atoms with E-state index in [0.29, 0.717) is 5.02 Å². The van der Waals surface area contributed by atoms with Crippen LogP contribution in [0.5, 0.6) is 0 Å². The average molecular weight is 339 g/mol. The van der Waals surface area contributed by atoms with Crippen molar-refractivity contribution in [3.8, 4) is 22.5 Å². The third kappa shape index (κ3) is 2.31. The van der Waals surface area contributed by atoms with E-state index in [9.17, 15) is 4.79 Å². The van der Waals surface area contributed by atoms with Crippen LogP contribution < -0.4 is 0 Å². The molecule has 5 heteroatoms. The predicted molar refractivity (Wildman–Crippen MR) is 93.3 cm³/mol. The minimum absolute atomic E-state index is 0.503. The summed E-state index contributed by atoms with van der Waals surface area (Å²) in [4.78, 5) is 12.3. The number of methoxy groups -OCH3 is 1. The number of hydrogen-bond acceptors (Lipinski definition) is 3. The zero-order valence-corrected chi connectivity index (χ0v) is 13.9. The quantitative estimate of drug-likeness (QED) is 0.652. The second kappa shape index (κ2) is 5.80. The SMILES string of the molecule is COC(=O)n1nc2c(c1-c1cccc(Cl)c1)CCc1ccccc1-2. The van der Waals surface area contributed by atoms with Gasteiger partial charge in [-0.15, -0.1) is 0 Å². The number of aromatic nitrogens is 2. The summed E-state index contributed by atoms with van der Waals surface area (Å²) >= 11 is 6.15. The Hall–Kier alpha value is -2.59. The van der Waals surface area contributed by atoms with E-state index in [1.165, 1.54) is 17.4 Å².